The summed E-state index contributed by atoms with van der Waals surface area (Å²) < 4.78 is 7.13. The van der Waals surface area contributed by atoms with Crippen LogP contribution in [0.4, 0.5) is 0 Å². The van der Waals surface area contributed by atoms with E-state index in [1.54, 1.807) is 0 Å². The van der Waals surface area contributed by atoms with Crippen LogP contribution in [0, 0.1) is 0 Å². The second kappa shape index (κ2) is 25.0. The third kappa shape index (κ3) is 10.4. The molecule has 3 aromatic heterocycles. The fraction of sp³-hybridized carbons (Fsp3) is 0. The lowest BCUT2D eigenvalue weighted by Crippen LogP contribution is -2.74. The van der Waals surface area contributed by atoms with Gasteiger partial charge in [0.15, 0.2) is 16.1 Å². The number of rotatable bonds is 10. The Balaban J connectivity index is 0.000000142. The standard InChI is InChI=1S/C48H34N2Si.C24H18Br2Si.C12H9N/c1-4-18-37(19-5-1)51(38-20-6-2-7-21-38,39-22-8-3-9-23-39)40-33-35(49-45-28-14-10-24-41(45)42-25-11-15-29-46(42)49)32-36(34-40)50-47-30-16-12-26-43(47)44-27-13-17-31-48(44)50;25-19-16-20(26)18-24(17-19)27(21-10-4-1-5-11-21,22-12-6-2-7-13-22)23-14-8-3-9-15-23;1-3-7-11-9(5-1)10-6-2-4-8-12(10)13-11/h1-34H;1-18H;1-8,13H. The normalized spacial score (nSPS) is 11.6. The number of hydrogen-bond acceptors (Lipinski definition) is 0. The molecule has 17 aromatic rings. The highest BCUT2D eigenvalue weighted by atomic mass is 79.9. The molecular weight excluding hydrogens is 1270 g/mol. The average Bonchev–Trinajstić information content (AvgIpc) is 1.71. The van der Waals surface area contributed by atoms with Gasteiger partial charge in [0.05, 0.1) is 22.1 Å². The molecule has 1 N–H and O–H groups in total. The van der Waals surface area contributed by atoms with Crippen LogP contribution in [0.3, 0.4) is 0 Å². The average molecular weight is 1330 g/mol. The zero-order valence-corrected chi connectivity index (χ0v) is 55.0. The molecule has 0 aliphatic heterocycles. The quantitative estimate of drug-likeness (QED) is 0.104. The summed E-state index contributed by atoms with van der Waals surface area (Å²) in [6.45, 7) is 0. The van der Waals surface area contributed by atoms with E-state index >= 15 is 0 Å². The third-order valence-electron chi connectivity index (χ3n) is 18.0. The van der Waals surface area contributed by atoms with Gasteiger partial charge >= 0.3 is 0 Å². The van der Waals surface area contributed by atoms with E-state index in [0.717, 1.165) is 20.3 Å². The minimum Gasteiger partial charge on any atom is -0.355 e. The van der Waals surface area contributed by atoms with E-state index in [9.17, 15) is 0 Å². The topological polar surface area (TPSA) is 25.6 Å². The number of nitrogens with zero attached hydrogens (tertiary/aromatic N) is 2. The molecule has 0 unspecified atom stereocenters. The number of para-hydroxylation sites is 6. The first-order valence-corrected chi connectivity index (χ1v) is 36.4. The summed E-state index contributed by atoms with van der Waals surface area (Å²) in [6, 6.07) is 133. The molecule has 17 rings (SSSR count). The first-order chi connectivity index (χ1) is 45.0. The van der Waals surface area contributed by atoms with Gasteiger partial charge in [0.1, 0.15) is 0 Å². The van der Waals surface area contributed by atoms with Gasteiger partial charge in [0, 0.05) is 63.7 Å². The molecule has 0 saturated heterocycles. The fourth-order valence-corrected chi connectivity index (χ4v) is 25.5. The maximum atomic E-state index is 3.72. The summed E-state index contributed by atoms with van der Waals surface area (Å²) in [5.41, 5.74) is 9.55. The minimum absolute atomic E-state index is 1.09. The fourth-order valence-electron chi connectivity index (χ4n) is 14.2. The number of halogens is 2. The van der Waals surface area contributed by atoms with Gasteiger partial charge in [-0.3, -0.25) is 0 Å². The molecule has 0 fully saturated rings. The van der Waals surface area contributed by atoms with Crippen molar-refractivity contribution in [2.24, 2.45) is 0 Å². The van der Waals surface area contributed by atoms with Crippen molar-refractivity contribution in [2.75, 3.05) is 0 Å². The highest BCUT2D eigenvalue weighted by Gasteiger charge is 2.43. The van der Waals surface area contributed by atoms with Gasteiger partial charge in [-0.25, -0.2) is 0 Å². The van der Waals surface area contributed by atoms with Gasteiger partial charge in [-0.05, 0) is 114 Å². The number of benzene rings is 14. The Labute approximate surface area is 549 Å². The van der Waals surface area contributed by atoms with Crippen molar-refractivity contribution in [1.29, 1.82) is 0 Å². The van der Waals surface area contributed by atoms with Crippen LogP contribution in [-0.4, -0.2) is 30.3 Å². The van der Waals surface area contributed by atoms with E-state index in [2.05, 4.69) is 410 Å². The lowest BCUT2D eigenvalue weighted by Gasteiger charge is -2.35. The summed E-state index contributed by atoms with van der Waals surface area (Å²) in [6.07, 6.45) is 0. The van der Waals surface area contributed by atoms with E-state index < -0.39 is 16.1 Å². The molecule has 3 heterocycles. The van der Waals surface area contributed by atoms with E-state index in [1.165, 1.54) is 107 Å². The number of nitrogens with one attached hydrogen (secondary N) is 1. The number of aromatic amines is 1. The summed E-state index contributed by atoms with van der Waals surface area (Å²) in [5.74, 6) is 0. The number of H-pyrrole nitrogens is 1. The van der Waals surface area contributed by atoms with Crippen LogP contribution in [-0.2, 0) is 0 Å². The zero-order chi connectivity index (χ0) is 61.1. The molecule has 0 amide bonds. The molecule has 0 aliphatic rings. The third-order valence-corrected chi connectivity index (χ3v) is 28.4. The van der Waals surface area contributed by atoms with Crippen molar-refractivity contribution in [3.8, 4) is 11.4 Å². The molecule has 3 nitrogen and oxygen atoms in total. The number of fused-ring (bicyclic) bond motifs is 9. The largest absolute Gasteiger partial charge is 0.355 e. The smallest absolute Gasteiger partial charge is 0.179 e. The zero-order valence-electron chi connectivity index (χ0n) is 49.8. The second-order valence-electron chi connectivity index (χ2n) is 23.0. The lowest BCUT2D eigenvalue weighted by molar-refractivity contribution is 1.14. The van der Waals surface area contributed by atoms with Crippen molar-refractivity contribution in [3.05, 3.63) is 373 Å². The lowest BCUT2D eigenvalue weighted by atomic mass is 10.2. The van der Waals surface area contributed by atoms with E-state index in [4.69, 9.17) is 0 Å². The molecule has 7 heteroatoms. The Hall–Kier alpha value is -10.1. The van der Waals surface area contributed by atoms with Crippen molar-refractivity contribution in [3.63, 3.8) is 0 Å². The van der Waals surface area contributed by atoms with Crippen molar-refractivity contribution in [2.45, 2.75) is 0 Å². The van der Waals surface area contributed by atoms with Crippen LogP contribution in [0.25, 0.3) is 76.8 Å². The summed E-state index contributed by atoms with van der Waals surface area (Å²) in [7, 11) is -5.31. The van der Waals surface area contributed by atoms with Crippen LogP contribution in [0.2, 0.25) is 0 Å². The molecule has 0 radical (unpaired) electrons. The monoisotopic (exact) mass is 1330 g/mol. The van der Waals surface area contributed by atoms with Crippen molar-refractivity contribution >= 4 is 155 Å². The Kier molecular flexibility index (Phi) is 15.8. The molecule has 0 spiro atoms. The van der Waals surface area contributed by atoms with Gasteiger partial charge in [-0.2, -0.15) is 0 Å². The molecule has 0 bridgehead atoms. The number of aromatic nitrogens is 3. The van der Waals surface area contributed by atoms with Gasteiger partial charge < -0.3 is 14.1 Å². The van der Waals surface area contributed by atoms with Crippen molar-refractivity contribution in [1.82, 2.24) is 14.1 Å². The van der Waals surface area contributed by atoms with Gasteiger partial charge in [0.2, 0.25) is 0 Å². The maximum Gasteiger partial charge on any atom is 0.179 e. The van der Waals surface area contributed by atoms with Gasteiger partial charge in [0.25, 0.3) is 0 Å². The van der Waals surface area contributed by atoms with Crippen LogP contribution in [0.5, 0.6) is 0 Å². The van der Waals surface area contributed by atoms with Crippen LogP contribution in [0.1, 0.15) is 0 Å². The van der Waals surface area contributed by atoms with E-state index in [0.29, 0.717) is 0 Å². The van der Waals surface area contributed by atoms with Crippen LogP contribution >= 0.6 is 31.9 Å². The molecule has 0 atom stereocenters. The Bertz CT molecular complexity index is 4880. The minimum atomic E-state index is -2.88. The second-order valence-corrected chi connectivity index (χ2v) is 32.5. The maximum absolute atomic E-state index is 3.72. The molecule has 14 aromatic carbocycles. The summed E-state index contributed by atoms with van der Waals surface area (Å²) in [5, 5.41) is 18.5. The van der Waals surface area contributed by atoms with Gasteiger partial charge in [-0.15, -0.1) is 0 Å². The first-order valence-electron chi connectivity index (χ1n) is 30.9. The molecule has 0 saturated carbocycles. The van der Waals surface area contributed by atoms with Gasteiger partial charge in [-0.1, -0.05) is 323 Å². The summed E-state index contributed by atoms with van der Waals surface area (Å²) >= 11 is 7.43. The summed E-state index contributed by atoms with van der Waals surface area (Å²) in [4.78, 5) is 3.38. The molecule has 91 heavy (non-hydrogen) atoms. The van der Waals surface area contributed by atoms with Crippen LogP contribution in [0.15, 0.2) is 373 Å². The predicted octanol–water partition coefficient (Wildman–Crippen LogP) is 17.2. The first kappa shape index (κ1) is 57.3. The van der Waals surface area contributed by atoms with Crippen molar-refractivity contribution < 1.29 is 0 Å². The van der Waals surface area contributed by atoms with E-state index in [1.807, 2.05) is 0 Å². The predicted molar refractivity (Wildman–Crippen MR) is 400 cm³/mol. The molecular formula is C84H61Br2N3Si2. The Morgan fingerprint density at radius 1 is 0.209 bits per heavy atom. The Morgan fingerprint density at radius 3 is 0.725 bits per heavy atom. The highest BCUT2D eigenvalue weighted by molar-refractivity contribution is 9.11. The molecule has 434 valence electrons. The highest BCUT2D eigenvalue weighted by Crippen LogP contribution is 2.36. The SMILES string of the molecule is Brc1cc(Br)cc([Si](c2ccccc2)(c2ccccc2)c2ccccc2)c1.c1ccc([Si](c2ccccc2)(c2ccccc2)c2cc(-n3c4ccccc4c4ccccc43)cc(-n3c4ccccc4c4ccccc43)c2)cc1.c1ccc2c(c1)[nH]c1ccccc12. The van der Waals surface area contributed by atoms with E-state index in [-0.39, 0.29) is 0 Å². The van der Waals surface area contributed by atoms with Crippen LogP contribution < -0.4 is 41.5 Å². The number of hydrogen-bond donors (Lipinski definition) is 1. The molecule has 0 aliphatic carbocycles. The Morgan fingerprint density at radius 2 is 0.440 bits per heavy atom.